The zero-order chi connectivity index (χ0) is 20.9. The number of carbonyl (C=O) groups excluding carboxylic acids is 1. The van der Waals surface area contributed by atoms with Gasteiger partial charge in [-0.1, -0.05) is 48.0 Å². The van der Waals surface area contributed by atoms with Gasteiger partial charge in [0.05, 0.1) is 4.90 Å². The number of hydrogen-bond acceptors (Lipinski definition) is 3. The van der Waals surface area contributed by atoms with E-state index in [2.05, 4.69) is 10.0 Å². The van der Waals surface area contributed by atoms with E-state index in [9.17, 15) is 17.6 Å². The maximum Gasteiger partial charge on any atom is 0.242 e. The van der Waals surface area contributed by atoms with Gasteiger partial charge in [-0.2, -0.15) is 4.72 Å². The van der Waals surface area contributed by atoms with Gasteiger partial charge in [0.25, 0.3) is 0 Å². The standard InChI is InChI=1S/C21H18ClFN2O3S/c22-16-9-11-19(12-10-16)29(27,28)25-20(13-15-5-2-1-3-6-15)21(26)24-18-8-4-7-17(23)14-18/h1-12,14,20,25H,13H2,(H,24,26)/t20-/m0/s1. The van der Waals surface area contributed by atoms with Crippen molar-refractivity contribution >= 4 is 33.2 Å². The smallest absolute Gasteiger partial charge is 0.242 e. The van der Waals surface area contributed by atoms with Crippen LogP contribution in [0.25, 0.3) is 0 Å². The Morgan fingerprint density at radius 2 is 1.66 bits per heavy atom. The molecule has 0 aliphatic rings. The van der Waals surface area contributed by atoms with E-state index in [1.54, 1.807) is 24.3 Å². The summed E-state index contributed by atoms with van der Waals surface area (Å²) in [5.74, 6) is -1.11. The lowest BCUT2D eigenvalue weighted by Crippen LogP contribution is -2.45. The molecule has 0 saturated carbocycles. The Labute approximate surface area is 173 Å². The van der Waals surface area contributed by atoms with Crippen LogP contribution in [0.2, 0.25) is 5.02 Å². The molecular weight excluding hydrogens is 415 g/mol. The van der Waals surface area contributed by atoms with Crippen molar-refractivity contribution in [2.45, 2.75) is 17.4 Å². The lowest BCUT2D eigenvalue weighted by molar-refractivity contribution is -0.117. The second-order valence-electron chi connectivity index (χ2n) is 6.32. The molecule has 3 aromatic rings. The van der Waals surface area contributed by atoms with Crippen molar-refractivity contribution in [1.82, 2.24) is 4.72 Å². The van der Waals surface area contributed by atoms with Crippen molar-refractivity contribution in [3.63, 3.8) is 0 Å². The largest absolute Gasteiger partial charge is 0.325 e. The lowest BCUT2D eigenvalue weighted by atomic mass is 10.1. The molecule has 1 amide bonds. The minimum atomic E-state index is -3.99. The Morgan fingerprint density at radius 1 is 0.966 bits per heavy atom. The first kappa shape index (κ1) is 21.0. The highest BCUT2D eigenvalue weighted by Gasteiger charge is 2.26. The zero-order valence-corrected chi connectivity index (χ0v) is 16.8. The SMILES string of the molecule is O=C(Nc1cccc(F)c1)[C@H](Cc1ccccc1)NS(=O)(=O)c1ccc(Cl)cc1. The molecule has 0 saturated heterocycles. The molecule has 3 rings (SSSR count). The Hall–Kier alpha value is -2.74. The van der Waals surface area contributed by atoms with E-state index in [1.807, 2.05) is 6.07 Å². The van der Waals surface area contributed by atoms with Crippen molar-refractivity contribution in [3.05, 3.63) is 95.3 Å². The fourth-order valence-corrected chi connectivity index (χ4v) is 4.02. The molecule has 0 fully saturated rings. The third-order valence-electron chi connectivity index (χ3n) is 4.11. The summed E-state index contributed by atoms with van der Waals surface area (Å²) in [7, 11) is -3.99. The fourth-order valence-electron chi connectivity index (χ4n) is 2.70. The molecule has 2 N–H and O–H groups in total. The van der Waals surface area contributed by atoms with Gasteiger partial charge < -0.3 is 5.32 Å². The first-order valence-electron chi connectivity index (χ1n) is 8.72. The molecule has 1 atom stereocenters. The molecular formula is C21H18ClFN2O3S. The number of rotatable bonds is 7. The second kappa shape index (κ2) is 9.17. The van der Waals surface area contributed by atoms with Crippen molar-refractivity contribution < 1.29 is 17.6 Å². The van der Waals surface area contributed by atoms with Crippen LogP contribution in [0.5, 0.6) is 0 Å². The van der Waals surface area contributed by atoms with E-state index in [4.69, 9.17) is 11.6 Å². The fraction of sp³-hybridized carbons (Fsp3) is 0.0952. The minimum absolute atomic E-state index is 0.0153. The Bertz CT molecular complexity index is 1090. The van der Waals surface area contributed by atoms with Crippen molar-refractivity contribution in [2.24, 2.45) is 0 Å². The van der Waals surface area contributed by atoms with E-state index in [0.29, 0.717) is 5.02 Å². The van der Waals surface area contributed by atoms with Gasteiger partial charge in [0.2, 0.25) is 15.9 Å². The summed E-state index contributed by atoms with van der Waals surface area (Å²) in [6.45, 7) is 0. The third-order valence-corrected chi connectivity index (χ3v) is 5.85. The van der Waals surface area contributed by atoms with Gasteiger partial charge in [-0.15, -0.1) is 0 Å². The van der Waals surface area contributed by atoms with Gasteiger partial charge in [0, 0.05) is 10.7 Å². The summed E-state index contributed by atoms with van der Waals surface area (Å²) < 4.78 is 41.4. The van der Waals surface area contributed by atoms with E-state index in [-0.39, 0.29) is 17.0 Å². The number of amides is 1. The summed E-state index contributed by atoms with van der Waals surface area (Å²) in [5, 5.41) is 2.96. The number of carbonyl (C=O) groups is 1. The third kappa shape index (κ3) is 5.87. The maximum atomic E-state index is 13.4. The molecule has 0 heterocycles. The van der Waals surface area contributed by atoms with E-state index < -0.39 is 27.8 Å². The Balaban J connectivity index is 1.85. The van der Waals surface area contributed by atoms with Gasteiger partial charge in [-0.3, -0.25) is 4.79 Å². The van der Waals surface area contributed by atoms with Gasteiger partial charge in [-0.05, 0) is 54.4 Å². The number of hydrogen-bond donors (Lipinski definition) is 2. The quantitative estimate of drug-likeness (QED) is 0.592. The molecule has 0 spiro atoms. The average Bonchev–Trinajstić information content (AvgIpc) is 2.68. The van der Waals surface area contributed by atoms with Crippen LogP contribution in [-0.2, 0) is 21.2 Å². The molecule has 0 radical (unpaired) electrons. The van der Waals surface area contributed by atoms with Gasteiger partial charge >= 0.3 is 0 Å². The predicted molar refractivity (Wildman–Crippen MR) is 111 cm³/mol. The van der Waals surface area contributed by atoms with Crippen LogP contribution in [0.15, 0.2) is 83.8 Å². The summed E-state index contributed by atoms with van der Waals surface area (Å²) in [6, 6.07) is 18.9. The monoisotopic (exact) mass is 432 g/mol. The van der Waals surface area contributed by atoms with Crippen molar-refractivity contribution in [2.75, 3.05) is 5.32 Å². The van der Waals surface area contributed by atoms with Crippen molar-refractivity contribution in [3.8, 4) is 0 Å². The molecule has 5 nitrogen and oxygen atoms in total. The van der Waals surface area contributed by atoms with Crippen LogP contribution in [0.4, 0.5) is 10.1 Å². The van der Waals surface area contributed by atoms with Crippen LogP contribution in [0.3, 0.4) is 0 Å². The Kier molecular flexibility index (Phi) is 6.64. The first-order chi connectivity index (χ1) is 13.8. The number of benzene rings is 3. The second-order valence-corrected chi connectivity index (χ2v) is 8.47. The van der Waals surface area contributed by atoms with E-state index in [1.165, 1.54) is 42.5 Å². The Morgan fingerprint density at radius 3 is 2.31 bits per heavy atom. The summed E-state index contributed by atoms with van der Waals surface area (Å²) in [4.78, 5) is 12.8. The normalized spacial score (nSPS) is 12.3. The molecule has 8 heteroatoms. The van der Waals surface area contributed by atoms with Crippen LogP contribution in [0.1, 0.15) is 5.56 Å². The molecule has 150 valence electrons. The average molecular weight is 433 g/mol. The highest BCUT2D eigenvalue weighted by Crippen LogP contribution is 2.16. The molecule has 0 aromatic heterocycles. The molecule has 0 unspecified atom stereocenters. The number of halogens is 2. The van der Waals surface area contributed by atoms with Crippen molar-refractivity contribution in [1.29, 1.82) is 0 Å². The number of anilines is 1. The summed E-state index contributed by atoms with van der Waals surface area (Å²) in [5.41, 5.74) is 1.00. The predicted octanol–water partition coefficient (Wildman–Crippen LogP) is 4.01. The molecule has 0 aliphatic heterocycles. The van der Waals surface area contributed by atoms with Crippen LogP contribution in [0, 0.1) is 5.82 Å². The molecule has 0 bridgehead atoms. The van der Waals surface area contributed by atoms with E-state index in [0.717, 1.165) is 11.6 Å². The van der Waals surface area contributed by atoms with Crippen LogP contribution >= 0.6 is 11.6 Å². The summed E-state index contributed by atoms with van der Waals surface area (Å²) >= 11 is 5.82. The first-order valence-corrected chi connectivity index (χ1v) is 10.6. The van der Waals surface area contributed by atoms with Gasteiger partial charge in [0.1, 0.15) is 11.9 Å². The number of nitrogens with one attached hydrogen (secondary N) is 2. The lowest BCUT2D eigenvalue weighted by Gasteiger charge is -2.19. The minimum Gasteiger partial charge on any atom is -0.325 e. The number of sulfonamides is 1. The zero-order valence-electron chi connectivity index (χ0n) is 15.2. The highest BCUT2D eigenvalue weighted by molar-refractivity contribution is 7.89. The molecule has 29 heavy (non-hydrogen) atoms. The molecule has 0 aliphatic carbocycles. The highest BCUT2D eigenvalue weighted by atomic mass is 35.5. The summed E-state index contributed by atoms with van der Waals surface area (Å²) in [6.07, 6.45) is 0.120. The van der Waals surface area contributed by atoms with Crippen LogP contribution < -0.4 is 10.0 Å². The van der Waals surface area contributed by atoms with E-state index >= 15 is 0 Å². The molecule has 3 aromatic carbocycles. The topological polar surface area (TPSA) is 75.3 Å². The van der Waals surface area contributed by atoms with Gasteiger partial charge in [0.15, 0.2) is 0 Å². The maximum absolute atomic E-state index is 13.4. The van der Waals surface area contributed by atoms with Gasteiger partial charge in [-0.25, -0.2) is 12.8 Å². The van der Waals surface area contributed by atoms with Crippen LogP contribution in [-0.4, -0.2) is 20.4 Å².